The van der Waals surface area contributed by atoms with E-state index < -0.39 is 29.5 Å². The molecule has 0 aromatic heterocycles. The molecule has 2 unspecified atom stereocenters. The normalized spacial score (nSPS) is 27.6. The van der Waals surface area contributed by atoms with Crippen LogP contribution in [0.2, 0.25) is 0 Å². The first-order valence-electron chi connectivity index (χ1n) is 8.03. The van der Waals surface area contributed by atoms with E-state index >= 15 is 0 Å². The number of carbonyl (C=O) groups excluding carboxylic acids is 3. The number of hydrogen-bond donors (Lipinski definition) is 2. The molecule has 1 saturated carbocycles. The standard InChI is InChI=1S/C15H21N3O5/c1-9(11(19)17-7-4-10(8-17)12(20)21)18-13(22)15(16-14(18)23)5-2-3-6-15/h9-10H,2-8H2,1H3,(H,16,23)(H,20,21). The van der Waals surface area contributed by atoms with E-state index in [0.29, 0.717) is 25.8 Å². The fourth-order valence-electron chi connectivity index (χ4n) is 3.85. The van der Waals surface area contributed by atoms with Crippen LogP contribution in [0.5, 0.6) is 0 Å². The maximum Gasteiger partial charge on any atom is 0.325 e. The largest absolute Gasteiger partial charge is 0.481 e. The van der Waals surface area contributed by atoms with E-state index in [1.165, 1.54) is 11.8 Å². The van der Waals surface area contributed by atoms with E-state index in [4.69, 9.17) is 5.11 Å². The monoisotopic (exact) mass is 323 g/mol. The Kier molecular flexibility index (Phi) is 3.77. The Morgan fingerprint density at radius 1 is 1.30 bits per heavy atom. The van der Waals surface area contributed by atoms with Crippen molar-refractivity contribution in [3.05, 3.63) is 0 Å². The third kappa shape index (κ3) is 2.46. The number of carbonyl (C=O) groups is 4. The van der Waals surface area contributed by atoms with Gasteiger partial charge >= 0.3 is 12.0 Å². The molecule has 2 saturated heterocycles. The second-order valence-corrected chi connectivity index (χ2v) is 6.68. The highest BCUT2D eigenvalue weighted by atomic mass is 16.4. The zero-order chi connectivity index (χ0) is 16.8. The molecule has 2 atom stereocenters. The molecule has 1 spiro atoms. The van der Waals surface area contributed by atoms with Gasteiger partial charge in [-0.25, -0.2) is 9.69 Å². The van der Waals surface area contributed by atoms with Gasteiger partial charge in [0.2, 0.25) is 5.91 Å². The van der Waals surface area contributed by atoms with Crippen LogP contribution in [0, 0.1) is 5.92 Å². The molecule has 3 rings (SSSR count). The average molecular weight is 323 g/mol. The highest BCUT2D eigenvalue weighted by molar-refractivity contribution is 6.10. The summed E-state index contributed by atoms with van der Waals surface area (Å²) in [5.41, 5.74) is -0.833. The molecular weight excluding hydrogens is 302 g/mol. The second-order valence-electron chi connectivity index (χ2n) is 6.68. The van der Waals surface area contributed by atoms with Crippen molar-refractivity contribution in [3.63, 3.8) is 0 Å². The number of nitrogens with zero attached hydrogens (tertiary/aromatic N) is 2. The third-order valence-electron chi connectivity index (χ3n) is 5.24. The summed E-state index contributed by atoms with van der Waals surface area (Å²) < 4.78 is 0. The molecule has 0 aromatic rings. The van der Waals surface area contributed by atoms with Gasteiger partial charge in [0.15, 0.2) is 0 Å². The first kappa shape index (κ1) is 15.8. The van der Waals surface area contributed by atoms with Gasteiger partial charge in [0.25, 0.3) is 5.91 Å². The quantitative estimate of drug-likeness (QED) is 0.720. The summed E-state index contributed by atoms with van der Waals surface area (Å²) >= 11 is 0. The van der Waals surface area contributed by atoms with E-state index in [1.807, 2.05) is 0 Å². The maximum atomic E-state index is 12.7. The zero-order valence-corrected chi connectivity index (χ0v) is 13.1. The summed E-state index contributed by atoms with van der Waals surface area (Å²) in [4.78, 5) is 50.9. The number of likely N-dealkylation sites (tertiary alicyclic amines) is 1. The molecule has 0 aromatic carbocycles. The van der Waals surface area contributed by atoms with Crippen LogP contribution in [-0.2, 0) is 14.4 Å². The first-order valence-corrected chi connectivity index (χ1v) is 8.03. The summed E-state index contributed by atoms with van der Waals surface area (Å²) in [6.45, 7) is 2.00. The number of hydrogen-bond acceptors (Lipinski definition) is 4. The lowest BCUT2D eigenvalue weighted by Gasteiger charge is -2.27. The third-order valence-corrected chi connectivity index (χ3v) is 5.24. The van der Waals surface area contributed by atoms with E-state index in [1.54, 1.807) is 0 Å². The van der Waals surface area contributed by atoms with Crippen LogP contribution in [-0.4, -0.2) is 63.4 Å². The van der Waals surface area contributed by atoms with Crippen LogP contribution in [0.1, 0.15) is 39.0 Å². The van der Waals surface area contributed by atoms with E-state index in [9.17, 15) is 19.2 Å². The molecule has 2 aliphatic heterocycles. The van der Waals surface area contributed by atoms with Crippen molar-refractivity contribution < 1.29 is 24.3 Å². The minimum atomic E-state index is -0.923. The topological polar surface area (TPSA) is 107 Å². The summed E-state index contributed by atoms with van der Waals surface area (Å²) in [6, 6.07) is -1.43. The maximum absolute atomic E-state index is 12.7. The van der Waals surface area contributed by atoms with E-state index in [-0.39, 0.29) is 18.4 Å². The average Bonchev–Trinajstić information content (AvgIpc) is 3.20. The predicted octanol–water partition coefficient (Wildman–Crippen LogP) is 0.173. The summed E-state index contributed by atoms with van der Waals surface area (Å²) in [7, 11) is 0. The Morgan fingerprint density at radius 3 is 2.52 bits per heavy atom. The molecule has 0 bridgehead atoms. The lowest BCUT2D eigenvalue weighted by atomic mass is 9.97. The van der Waals surface area contributed by atoms with Gasteiger partial charge in [-0.05, 0) is 26.2 Å². The molecule has 1 aliphatic carbocycles. The van der Waals surface area contributed by atoms with Crippen molar-refractivity contribution in [1.82, 2.24) is 15.1 Å². The van der Waals surface area contributed by atoms with E-state index in [2.05, 4.69) is 5.32 Å². The van der Waals surface area contributed by atoms with Crippen LogP contribution in [0.3, 0.4) is 0 Å². The minimum Gasteiger partial charge on any atom is -0.481 e. The highest BCUT2D eigenvalue weighted by Crippen LogP contribution is 2.36. The number of aliphatic carboxylic acids is 1. The van der Waals surface area contributed by atoms with Gasteiger partial charge in [-0.2, -0.15) is 0 Å². The van der Waals surface area contributed by atoms with Crippen molar-refractivity contribution in [3.8, 4) is 0 Å². The van der Waals surface area contributed by atoms with Crippen LogP contribution in [0.4, 0.5) is 4.79 Å². The Bertz CT molecular complexity index is 569. The number of imide groups is 1. The summed E-state index contributed by atoms with van der Waals surface area (Å²) in [6.07, 6.45) is 3.39. The highest BCUT2D eigenvalue weighted by Gasteiger charge is 2.55. The molecule has 4 amide bonds. The fourth-order valence-corrected chi connectivity index (χ4v) is 3.85. The van der Waals surface area contributed by atoms with Gasteiger partial charge in [0, 0.05) is 13.1 Å². The van der Waals surface area contributed by atoms with E-state index in [0.717, 1.165) is 17.7 Å². The van der Waals surface area contributed by atoms with Crippen molar-refractivity contribution in [2.24, 2.45) is 5.92 Å². The molecule has 23 heavy (non-hydrogen) atoms. The molecular formula is C15H21N3O5. The Labute approximate surface area is 133 Å². The van der Waals surface area contributed by atoms with Gasteiger partial charge in [0.05, 0.1) is 5.92 Å². The SMILES string of the molecule is CC(C(=O)N1CCC(C(=O)O)C1)N1C(=O)NC2(CCCC2)C1=O. The molecule has 126 valence electrons. The predicted molar refractivity (Wildman–Crippen MR) is 78.4 cm³/mol. The van der Waals surface area contributed by atoms with Crippen LogP contribution >= 0.6 is 0 Å². The number of rotatable bonds is 3. The zero-order valence-electron chi connectivity index (χ0n) is 13.1. The van der Waals surface area contributed by atoms with Gasteiger partial charge in [-0.15, -0.1) is 0 Å². The summed E-state index contributed by atoms with van der Waals surface area (Å²) in [5.74, 6) is -2.19. The van der Waals surface area contributed by atoms with Crippen LogP contribution in [0.15, 0.2) is 0 Å². The van der Waals surface area contributed by atoms with Crippen LogP contribution in [0.25, 0.3) is 0 Å². The first-order chi connectivity index (χ1) is 10.9. The van der Waals surface area contributed by atoms with Gasteiger partial charge in [-0.3, -0.25) is 14.4 Å². The summed E-state index contributed by atoms with van der Waals surface area (Å²) in [5, 5.41) is 11.8. The lowest BCUT2D eigenvalue weighted by Crippen LogP contribution is -2.50. The molecule has 3 fully saturated rings. The fraction of sp³-hybridized carbons (Fsp3) is 0.733. The molecule has 2 N–H and O–H groups in total. The smallest absolute Gasteiger partial charge is 0.325 e. The van der Waals surface area contributed by atoms with Crippen LogP contribution < -0.4 is 5.32 Å². The Morgan fingerprint density at radius 2 is 1.96 bits per heavy atom. The molecule has 8 nitrogen and oxygen atoms in total. The van der Waals surface area contributed by atoms with Gasteiger partial charge in [0.1, 0.15) is 11.6 Å². The lowest BCUT2D eigenvalue weighted by molar-refractivity contribution is -0.144. The number of urea groups is 1. The Balaban J connectivity index is 1.71. The van der Waals surface area contributed by atoms with Gasteiger partial charge < -0.3 is 15.3 Å². The molecule has 2 heterocycles. The molecule has 8 heteroatoms. The molecule has 0 radical (unpaired) electrons. The van der Waals surface area contributed by atoms with Crippen molar-refractivity contribution in [1.29, 1.82) is 0 Å². The minimum absolute atomic E-state index is 0.132. The number of carboxylic acids is 1. The van der Waals surface area contributed by atoms with Crippen molar-refractivity contribution in [2.45, 2.75) is 50.6 Å². The number of nitrogens with one attached hydrogen (secondary N) is 1. The van der Waals surface area contributed by atoms with Crippen molar-refractivity contribution >= 4 is 23.8 Å². The number of amides is 4. The Hall–Kier alpha value is -2.12. The molecule has 3 aliphatic rings. The number of carboxylic acid groups (broad SMARTS) is 1. The van der Waals surface area contributed by atoms with Gasteiger partial charge in [-0.1, -0.05) is 12.8 Å². The van der Waals surface area contributed by atoms with Crippen molar-refractivity contribution in [2.75, 3.05) is 13.1 Å². The second kappa shape index (κ2) is 5.50.